The van der Waals surface area contributed by atoms with E-state index in [0.29, 0.717) is 47.6 Å². The number of likely N-dealkylation sites (tertiary alicyclic amines) is 1. The lowest BCUT2D eigenvalue weighted by atomic mass is 9.94. The molecular formula is C23H22N4O3. The lowest BCUT2D eigenvalue weighted by molar-refractivity contribution is 0.0766. The Hall–Kier alpha value is -3.32. The van der Waals surface area contributed by atoms with E-state index in [0.717, 1.165) is 16.5 Å². The number of carbonyl (C=O) groups excluding carboxylic acids is 1. The molecule has 7 nitrogen and oxygen atoms in total. The lowest BCUT2D eigenvalue weighted by Crippen LogP contribution is -2.30. The van der Waals surface area contributed by atoms with Crippen LogP contribution in [0.1, 0.15) is 27.3 Å². The minimum absolute atomic E-state index is 0.0400. The number of aryl methyl sites for hydroxylation is 2. The molecule has 1 aromatic carbocycles. The highest BCUT2D eigenvalue weighted by Crippen LogP contribution is 2.29. The third kappa shape index (κ3) is 3.11. The highest BCUT2D eigenvalue weighted by atomic mass is 16.5. The number of carbonyl (C=O) groups is 1. The van der Waals surface area contributed by atoms with Gasteiger partial charge in [-0.25, -0.2) is 4.98 Å². The van der Waals surface area contributed by atoms with Gasteiger partial charge in [0.2, 0.25) is 0 Å². The maximum atomic E-state index is 13.3. The van der Waals surface area contributed by atoms with Gasteiger partial charge in [0.1, 0.15) is 0 Å². The molecule has 1 amide bonds. The summed E-state index contributed by atoms with van der Waals surface area (Å²) in [4.78, 5) is 23.8. The summed E-state index contributed by atoms with van der Waals surface area (Å²) >= 11 is 0. The summed E-state index contributed by atoms with van der Waals surface area (Å²) < 4.78 is 5.26. The molecule has 0 aliphatic carbocycles. The average Bonchev–Trinajstić information content (AvgIpc) is 3.30. The van der Waals surface area contributed by atoms with Crippen molar-refractivity contribution in [3.63, 3.8) is 0 Å². The standard InChI is InChI=1S/C23H22N4O3/c1-13-9-18(21-14(2)26-30-22(21)25-13)23(29)27-11-16(20(28)12-27)10-15-7-8-24-19-6-4-3-5-17(15)19/h3-9,16,20,28H,10-12H2,1-2H3/t16-,20+/m1/s1. The number of para-hydroxylation sites is 1. The fraction of sp³-hybridized carbons (Fsp3) is 0.304. The maximum Gasteiger partial charge on any atom is 0.258 e. The molecule has 3 aromatic heterocycles. The molecule has 0 radical (unpaired) electrons. The van der Waals surface area contributed by atoms with Gasteiger partial charge < -0.3 is 14.5 Å². The topological polar surface area (TPSA) is 92.4 Å². The van der Waals surface area contributed by atoms with Crippen LogP contribution in [-0.4, -0.2) is 50.2 Å². The second-order valence-corrected chi connectivity index (χ2v) is 7.99. The van der Waals surface area contributed by atoms with Crippen molar-refractivity contribution in [1.82, 2.24) is 20.0 Å². The van der Waals surface area contributed by atoms with E-state index in [1.807, 2.05) is 37.3 Å². The summed E-state index contributed by atoms with van der Waals surface area (Å²) in [5, 5.41) is 16.4. The Kier molecular flexibility index (Phi) is 4.47. The van der Waals surface area contributed by atoms with Crippen LogP contribution >= 0.6 is 0 Å². The number of aliphatic hydroxyl groups excluding tert-OH is 1. The molecule has 2 atom stereocenters. The highest BCUT2D eigenvalue weighted by molar-refractivity contribution is 6.06. The van der Waals surface area contributed by atoms with Crippen molar-refractivity contribution >= 4 is 27.9 Å². The van der Waals surface area contributed by atoms with E-state index < -0.39 is 6.10 Å². The summed E-state index contributed by atoms with van der Waals surface area (Å²) in [5.74, 6) is -0.167. The van der Waals surface area contributed by atoms with Gasteiger partial charge in [-0.15, -0.1) is 0 Å². The SMILES string of the molecule is Cc1cc(C(=O)N2C[C@@H](Cc3ccnc4ccccc34)[C@@H](O)C2)c2c(C)noc2n1. The van der Waals surface area contributed by atoms with E-state index >= 15 is 0 Å². The van der Waals surface area contributed by atoms with Crippen molar-refractivity contribution in [2.24, 2.45) is 5.92 Å². The molecule has 1 aliphatic rings. The Morgan fingerprint density at radius 1 is 1.23 bits per heavy atom. The summed E-state index contributed by atoms with van der Waals surface area (Å²) in [6.07, 6.45) is 1.90. The predicted octanol–water partition coefficient (Wildman–Crippen LogP) is 3.06. The molecule has 1 saturated heterocycles. The minimum Gasteiger partial charge on any atom is -0.391 e. The number of β-amino-alcohol motifs (C(OH)–C–C–N with tert-alkyl or cyclic N) is 1. The maximum absolute atomic E-state index is 13.3. The number of fused-ring (bicyclic) bond motifs is 2. The second kappa shape index (κ2) is 7.18. The van der Waals surface area contributed by atoms with Gasteiger partial charge in [-0.1, -0.05) is 23.4 Å². The molecule has 0 spiro atoms. The number of nitrogens with zero attached hydrogens (tertiary/aromatic N) is 4. The van der Waals surface area contributed by atoms with Crippen molar-refractivity contribution in [3.8, 4) is 0 Å². The van der Waals surface area contributed by atoms with Crippen molar-refractivity contribution in [3.05, 3.63) is 65.1 Å². The number of benzene rings is 1. The molecule has 0 saturated carbocycles. The summed E-state index contributed by atoms with van der Waals surface area (Å²) in [7, 11) is 0. The third-order valence-corrected chi connectivity index (χ3v) is 5.89. The van der Waals surface area contributed by atoms with E-state index in [-0.39, 0.29) is 11.8 Å². The number of aliphatic hydroxyl groups is 1. The third-order valence-electron chi connectivity index (χ3n) is 5.89. The molecule has 152 valence electrons. The van der Waals surface area contributed by atoms with E-state index in [1.54, 1.807) is 24.1 Å². The largest absolute Gasteiger partial charge is 0.391 e. The Labute approximate surface area is 173 Å². The van der Waals surface area contributed by atoms with Crippen LogP contribution in [0.2, 0.25) is 0 Å². The number of rotatable bonds is 3. The predicted molar refractivity (Wildman–Crippen MR) is 112 cm³/mol. The number of amides is 1. The fourth-order valence-corrected chi connectivity index (χ4v) is 4.39. The van der Waals surface area contributed by atoms with Gasteiger partial charge in [0, 0.05) is 36.3 Å². The number of pyridine rings is 2. The molecule has 30 heavy (non-hydrogen) atoms. The van der Waals surface area contributed by atoms with Crippen LogP contribution in [-0.2, 0) is 6.42 Å². The van der Waals surface area contributed by atoms with Crippen LogP contribution in [0.15, 0.2) is 47.1 Å². The van der Waals surface area contributed by atoms with E-state index in [9.17, 15) is 9.90 Å². The van der Waals surface area contributed by atoms with Crippen LogP contribution in [0.25, 0.3) is 22.0 Å². The minimum atomic E-state index is -0.581. The Balaban J connectivity index is 1.42. The average molecular weight is 402 g/mol. The first kappa shape index (κ1) is 18.7. The summed E-state index contributed by atoms with van der Waals surface area (Å²) in [6.45, 7) is 4.42. The van der Waals surface area contributed by atoms with Crippen molar-refractivity contribution in [1.29, 1.82) is 0 Å². The van der Waals surface area contributed by atoms with Crippen LogP contribution < -0.4 is 0 Å². The first-order chi connectivity index (χ1) is 14.5. The first-order valence-corrected chi connectivity index (χ1v) is 10.0. The van der Waals surface area contributed by atoms with Crippen molar-refractivity contribution in [2.75, 3.05) is 13.1 Å². The lowest BCUT2D eigenvalue weighted by Gasteiger charge is -2.17. The van der Waals surface area contributed by atoms with Gasteiger partial charge in [0.15, 0.2) is 0 Å². The first-order valence-electron chi connectivity index (χ1n) is 10.0. The zero-order valence-corrected chi connectivity index (χ0v) is 16.9. The number of hydrogen-bond donors (Lipinski definition) is 1. The normalized spacial score (nSPS) is 19.1. The van der Waals surface area contributed by atoms with E-state index in [2.05, 4.69) is 15.1 Å². The smallest absolute Gasteiger partial charge is 0.258 e. The van der Waals surface area contributed by atoms with Gasteiger partial charge in [-0.2, -0.15) is 0 Å². The van der Waals surface area contributed by atoms with Gasteiger partial charge in [-0.3, -0.25) is 9.78 Å². The van der Waals surface area contributed by atoms with Crippen LogP contribution in [0.3, 0.4) is 0 Å². The van der Waals surface area contributed by atoms with E-state index in [1.165, 1.54) is 0 Å². The molecule has 0 bridgehead atoms. The van der Waals surface area contributed by atoms with Gasteiger partial charge in [0.05, 0.1) is 28.3 Å². The zero-order chi connectivity index (χ0) is 20.8. The number of hydrogen-bond acceptors (Lipinski definition) is 6. The Bertz CT molecular complexity index is 1260. The van der Waals surface area contributed by atoms with Gasteiger partial charge in [0.25, 0.3) is 11.6 Å². The van der Waals surface area contributed by atoms with Crippen LogP contribution in [0, 0.1) is 19.8 Å². The van der Waals surface area contributed by atoms with Crippen LogP contribution in [0.4, 0.5) is 0 Å². The monoisotopic (exact) mass is 402 g/mol. The Morgan fingerprint density at radius 3 is 2.93 bits per heavy atom. The molecule has 0 unspecified atom stereocenters. The second-order valence-electron chi connectivity index (χ2n) is 7.99. The zero-order valence-electron chi connectivity index (χ0n) is 16.9. The van der Waals surface area contributed by atoms with Crippen molar-refractivity contribution < 1.29 is 14.4 Å². The van der Waals surface area contributed by atoms with Gasteiger partial charge >= 0.3 is 0 Å². The molecular weight excluding hydrogens is 380 g/mol. The molecule has 7 heteroatoms. The molecule has 1 aliphatic heterocycles. The summed E-state index contributed by atoms with van der Waals surface area (Å²) in [6, 6.07) is 11.8. The molecule has 5 rings (SSSR count). The molecule has 1 N–H and O–H groups in total. The molecule has 1 fully saturated rings. The molecule has 4 heterocycles. The fourth-order valence-electron chi connectivity index (χ4n) is 4.39. The highest BCUT2D eigenvalue weighted by Gasteiger charge is 2.35. The Morgan fingerprint density at radius 2 is 2.07 bits per heavy atom. The van der Waals surface area contributed by atoms with Crippen molar-refractivity contribution in [2.45, 2.75) is 26.4 Å². The van der Waals surface area contributed by atoms with E-state index in [4.69, 9.17) is 4.52 Å². The summed E-state index contributed by atoms with van der Waals surface area (Å²) in [5.41, 5.74) is 4.31. The van der Waals surface area contributed by atoms with Gasteiger partial charge in [-0.05, 0) is 44.0 Å². The van der Waals surface area contributed by atoms with Crippen LogP contribution in [0.5, 0.6) is 0 Å². The molecule has 4 aromatic rings. The quantitative estimate of drug-likeness (QED) is 0.566. The number of aromatic nitrogens is 3.